The minimum absolute atomic E-state index is 0.0212. The lowest BCUT2D eigenvalue weighted by Gasteiger charge is -2.22. The molecule has 2 fully saturated rings. The monoisotopic (exact) mass is 300 g/mol. The maximum Gasteiger partial charge on any atom is 0.253 e. The third-order valence-electron chi connectivity index (χ3n) is 4.73. The predicted molar refractivity (Wildman–Crippen MR) is 85.9 cm³/mol. The molecule has 1 aliphatic heterocycles. The lowest BCUT2D eigenvalue weighted by molar-refractivity contribution is 0.0792. The molecule has 1 aromatic rings. The summed E-state index contributed by atoms with van der Waals surface area (Å²) in [5, 5.41) is 3.10. The van der Waals surface area contributed by atoms with Crippen LogP contribution < -0.4 is 5.32 Å². The van der Waals surface area contributed by atoms with Gasteiger partial charge in [0, 0.05) is 30.3 Å². The number of hydrogen-bond acceptors (Lipinski definition) is 2. The fourth-order valence-corrected chi connectivity index (χ4v) is 3.38. The molecule has 2 amide bonds. The van der Waals surface area contributed by atoms with Crippen molar-refractivity contribution in [2.75, 3.05) is 13.1 Å². The molecule has 118 valence electrons. The number of carbonyl (C=O) groups excluding carboxylic acids is 2. The zero-order valence-corrected chi connectivity index (χ0v) is 13.0. The number of likely N-dealkylation sites (tertiary alicyclic amines) is 1. The van der Waals surface area contributed by atoms with E-state index in [9.17, 15) is 9.59 Å². The standard InChI is InChI=1S/C18H24N2O2/c21-17(19-16-6-2-1-3-7-16)14-8-10-15(11-9-14)18(22)20-12-4-5-13-20/h8-11,16H,1-7,12-13H2,(H,19,21). The third-order valence-corrected chi connectivity index (χ3v) is 4.73. The molecule has 22 heavy (non-hydrogen) atoms. The van der Waals surface area contributed by atoms with E-state index in [4.69, 9.17) is 0 Å². The van der Waals surface area contributed by atoms with Gasteiger partial charge in [-0.05, 0) is 49.9 Å². The number of nitrogens with zero attached hydrogens (tertiary/aromatic N) is 1. The van der Waals surface area contributed by atoms with Crippen LogP contribution in [0.4, 0.5) is 0 Å². The Hall–Kier alpha value is -1.84. The van der Waals surface area contributed by atoms with E-state index in [0.717, 1.165) is 38.8 Å². The summed E-state index contributed by atoms with van der Waals surface area (Å²) in [5.41, 5.74) is 1.32. The van der Waals surface area contributed by atoms with Crippen molar-refractivity contribution < 1.29 is 9.59 Å². The van der Waals surface area contributed by atoms with Crippen LogP contribution in [-0.2, 0) is 0 Å². The maximum absolute atomic E-state index is 12.3. The van der Waals surface area contributed by atoms with Gasteiger partial charge in [-0.15, -0.1) is 0 Å². The van der Waals surface area contributed by atoms with Gasteiger partial charge < -0.3 is 10.2 Å². The Bertz CT molecular complexity index is 527. The first kappa shape index (κ1) is 15.1. The minimum atomic E-state index is -0.0212. The number of hydrogen-bond donors (Lipinski definition) is 1. The molecule has 0 radical (unpaired) electrons. The molecule has 1 N–H and O–H groups in total. The molecule has 0 atom stereocenters. The summed E-state index contributed by atoms with van der Waals surface area (Å²) in [6, 6.07) is 7.39. The molecule has 0 aromatic heterocycles. The normalized spacial score (nSPS) is 19.2. The van der Waals surface area contributed by atoms with Crippen LogP contribution >= 0.6 is 0 Å². The highest BCUT2D eigenvalue weighted by Crippen LogP contribution is 2.18. The second-order valence-electron chi connectivity index (χ2n) is 6.39. The lowest BCUT2D eigenvalue weighted by Crippen LogP contribution is -2.36. The van der Waals surface area contributed by atoms with Crippen molar-refractivity contribution in [3.05, 3.63) is 35.4 Å². The van der Waals surface area contributed by atoms with Crippen molar-refractivity contribution in [2.45, 2.75) is 51.0 Å². The summed E-state index contributed by atoms with van der Waals surface area (Å²) < 4.78 is 0. The van der Waals surface area contributed by atoms with E-state index in [2.05, 4.69) is 5.32 Å². The highest BCUT2D eigenvalue weighted by Gasteiger charge is 2.20. The Balaban J connectivity index is 1.60. The van der Waals surface area contributed by atoms with E-state index in [1.807, 2.05) is 4.90 Å². The lowest BCUT2D eigenvalue weighted by atomic mass is 9.95. The first-order chi connectivity index (χ1) is 10.7. The summed E-state index contributed by atoms with van der Waals surface area (Å²) >= 11 is 0. The van der Waals surface area contributed by atoms with Gasteiger partial charge in [-0.3, -0.25) is 9.59 Å². The van der Waals surface area contributed by atoms with E-state index in [-0.39, 0.29) is 11.8 Å². The van der Waals surface area contributed by atoms with Crippen LogP contribution in [0.25, 0.3) is 0 Å². The van der Waals surface area contributed by atoms with Crippen molar-refractivity contribution in [3.63, 3.8) is 0 Å². The van der Waals surface area contributed by atoms with E-state index >= 15 is 0 Å². The molecule has 0 spiro atoms. The summed E-state index contributed by atoms with van der Waals surface area (Å²) in [6.45, 7) is 1.70. The van der Waals surface area contributed by atoms with Crippen LogP contribution in [0.1, 0.15) is 65.7 Å². The van der Waals surface area contributed by atoms with Gasteiger partial charge >= 0.3 is 0 Å². The average molecular weight is 300 g/mol. The number of benzene rings is 1. The topological polar surface area (TPSA) is 49.4 Å². The van der Waals surface area contributed by atoms with Crippen LogP contribution in [0, 0.1) is 0 Å². The first-order valence-corrected chi connectivity index (χ1v) is 8.44. The fraction of sp³-hybridized carbons (Fsp3) is 0.556. The fourth-order valence-electron chi connectivity index (χ4n) is 3.38. The third kappa shape index (κ3) is 3.49. The van der Waals surface area contributed by atoms with Crippen LogP contribution in [0.15, 0.2) is 24.3 Å². The summed E-state index contributed by atoms with van der Waals surface area (Å²) in [4.78, 5) is 26.4. The zero-order chi connectivity index (χ0) is 15.4. The first-order valence-electron chi connectivity index (χ1n) is 8.44. The molecule has 1 aliphatic carbocycles. The second-order valence-corrected chi connectivity index (χ2v) is 6.39. The average Bonchev–Trinajstić information content (AvgIpc) is 3.10. The molecule has 0 unspecified atom stereocenters. The predicted octanol–water partition coefficient (Wildman–Crippen LogP) is 2.99. The molecule has 1 saturated heterocycles. The van der Waals surface area contributed by atoms with Crippen molar-refractivity contribution >= 4 is 11.8 Å². The molecule has 4 nitrogen and oxygen atoms in total. The van der Waals surface area contributed by atoms with Crippen LogP contribution in [-0.4, -0.2) is 35.8 Å². The number of carbonyl (C=O) groups is 2. The highest BCUT2D eigenvalue weighted by molar-refractivity contribution is 5.98. The highest BCUT2D eigenvalue weighted by atomic mass is 16.2. The second kappa shape index (κ2) is 6.95. The molecular weight excluding hydrogens is 276 g/mol. The minimum Gasteiger partial charge on any atom is -0.349 e. The molecule has 4 heteroatoms. The number of amides is 2. The molecular formula is C18H24N2O2. The molecule has 1 saturated carbocycles. The van der Waals surface area contributed by atoms with E-state index in [0.29, 0.717) is 17.2 Å². The van der Waals surface area contributed by atoms with Gasteiger partial charge in [-0.2, -0.15) is 0 Å². The Morgan fingerprint density at radius 1 is 0.864 bits per heavy atom. The Morgan fingerprint density at radius 3 is 2.09 bits per heavy atom. The molecule has 1 aromatic carbocycles. The van der Waals surface area contributed by atoms with Crippen molar-refractivity contribution in [1.82, 2.24) is 10.2 Å². The van der Waals surface area contributed by atoms with Gasteiger partial charge in [0.15, 0.2) is 0 Å². The maximum atomic E-state index is 12.3. The Kier molecular flexibility index (Phi) is 4.76. The van der Waals surface area contributed by atoms with Crippen molar-refractivity contribution in [2.24, 2.45) is 0 Å². The Labute approximate surface area is 131 Å². The summed E-state index contributed by atoms with van der Waals surface area (Å²) in [7, 11) is 0. The van der Waals surface area contributed by atoms with Crippen molar-refractivity contribution in [1.29, 1.82) is 0 Å². The van der Waals surface area contributed by atoms with Crippen LogP contribution in [0.3, 0.4) is 0 Å². The van der Waals surface area contributed by atoms with Crippen LogP contribution in [0.2, 0.25) is 0 Å². The molecule has 3 rings (SSSR count). The van der Waals surface area contributed by atoms with Gasteiger partial charge in [-0.25, -0.2) is 0 Å². The quantitative estimate of drug-likeness (QED) is 0.933. The van der Waals surface area contributed by atoms with Crippen LogP contribution in [0.5, 0.6) is 0 Å². The summed E-state index contributed by atoms with van der Waals surface area (Å²) in [5.74, 6) is 0.0591. The molecule has 0 bridgehead atoms. The largest absolute Gasteiger partial charge is 0.349 e. The van der Waals surface area contributed by atoms with Gasteiger partial charge in [0.2, 0.25) is 0 Å². The smallest absolute Gasteiger partial charge is 0.253 e. The number of nitrogens with one attached hydrogen (secondary N) is 1. The van der Waals surface area contributed by atoms with E-state index in [1.54, 1.807) is 24.3 Å². The van der Waals surface area contributed by atoms with Gasteiger partial charge in [-0.1, -0.05) is 19.3 Å². The summed E-state index contributed by atoms with van der Waals surface area (Å²) in [6.07, 6.45) is 8.03. The van der Waals surface area contributed by atoms with Gasteiger partial charge in [0.25, 0.3) is 11.8 Å². The molecule has 1 heterocycles. The van der Waals surface area contributed by atoms with Crippen molar-refractivity contribution in [3.8, 4) is 0 Å². The van der Waals surface area contributed by atoms with E-state index in [1.165, 1.54) is 19.3 Å². The zero-order valence-electron chi connectivity index (χ0n) is 13.0. The Morgan fingerprint density at radius 2 is 1.45 bits per heavy atom. The SMILES string of the molecule is O=C(NC1CCCCC1)c1ccc(C(=O)N2CCCC2)cc1. The van der Waals surface area contributed by atoms with Gasteiger partial charge in [0.1, 0.15) is 0 Å². The molecule has 2 aliphatic rings. The van der Waals surface area contributed by atoms with Gasteiger partial charge in [0.05, 0.1) is 0 Å². The van der Waals surface area contributed by atoms with E-state index < -0.39 is 0 Å². The number of rotatable bonds is 3.